The maximum atomic E-state index is 11.5. The number of aliphatic hydroxyl groups is 1. The molecule has 1 aromatic rings. The van der Waals surface area contributed by atoms with Crippen LogP contribution in [0.5, 0.6) is 0 Å². The average molecular weight is 236 g/mol. The molecule has 17 heavy (non-hydrogen) atoms. The summed E-state index contributed by atoms with van der Waals surface area (Å²) in [4.78, 5) is 20.9. The van der Waals surface area contributed by atoms with Gasteiger partial charge in [0.15, 0.2) is 5.78 Å². The van der Waals surface area contributed by atoms with Crippen molar-refractivity contribution < 1.29 is 19.7 Å². The van der Waals surface area contributed by atoms with E-state index in [9.17, 15) is 9.90 Å². The Morgan fingerprint density at radius 1 is 1.29 bits per heavy atom. The third kappa shape index (κ3) is 3.41. The van der Waals surface area contributed by atoms with Crippen molar-refractivity contribution in [2.45, 2.75) is 20.0 Å². The van der Waals surface area contributed by atoms with Gasteiger partial charge >= 0.3 is 0 Å². The van der Waals surface area contributed by atoms with E-state index in [1.54, 1.807) is 31.2 Å². The highest BCUT2D eigenvalue weighted by molar-refractivity contribution is 6.00. The zero-order valence-corrected chi connectivity index (χ0v) is 10.1. The number of carbonyl (C=O) groups excluding carboxylic acids is 1. The van der Waals surface area contributed by atoms with Crippen molar-refractivity contribution in [1.29, 1.82) is 0 Å². The van der Waals surface area contributed by atoms with Crippen LogP contribution in [-0.4, -0.2) is 24.1 Å². The van der Waals surface area contributed by atoms with Gasteiger partial charge in [-0.1, -0.05) is 30.3 Å². The molecule has 0 heterocycles. The normalized spacial score (nSPS) is 14.1. The summed E-state index contributed by atoms with van der Waals surface area (Å²) in [6.45, 7) is 3.02. The SMILES string of the molecule is COOC(C)/C(C(C)=O)=C(\O)c1ccccc1. The van der Waals surface area contributed by atoms with Gasteiger partial charge in [-0.2, -0.15) is 0 Å². The summed E-state index contributed by atoms with van der Waals surface area (Å²) in [5.41, 5.74) is 0.766. The van der Waals surface area contributed by atoms with Crippen LogP contribution < -0.4 is 0 Å². The predicted octanol–water partition coefficient (Wildman–Crippen LogP) is 2.51. The molecule has 92 valence electrons. The van der Waals surface area contributed by atoms with Crippen LogP contribution in [0, 0.1) is 0 Å². The van der Waals surface area contributed by atoms with Gasteiger partial charge in [0.1, 0.15) is 11.9 Å². The van der Waals surface area contributed by atoms with Crippen LogP contribution in [0.1, 0.15) is 19.4 Å². The third-order valence-corrected chi connectivity index (χ3v) is 2.33. The van der Waals surface area contributed by atoms with E-state index in [2.05, 4.69) is 4.89 Å². The largest absolute Gasteiger partial charge is 0.507 e. The van der Waals surface area contributed by atoms with E-state index < -0.39 is 6.10 Å². The molecular formula is C13H16O4. The molecule has 0 aromatic heterocycles. The zero-order valence-electron chi connectivity index (χ0n) is 10.1. The Kier molecular flexibility index (Phi) is 4.87. The van der Waals surface area contributed by atoms with Gasteiger partial charge in [-0.05, 0) is 13.8 Å². The average Bonchev–Trinajstić information content (AvgIpc) is 2.30. The molecular weight excluding hydrogens is 220 g/mol. The number of benzene rings is 1. The molecule has 0 radical (unpaired) electrons. The third-order valence-electron chi connectivity index (χ3n) is 2.33. The second-order valence-electron chi connectivity index (χ2n) is 3.59. The lowest BCUT2D eigenvalue weighted by molar-refractivity contribution is -0.291. The molecule has 0 amide bonds. The topological polar surface area (TPSA) is 55.8 Å². The van der Waals surface area contributed by atoms with Crippen LogP contribution in [0.25, 0.3) is 5.76 Å². The van der Waals surface area contributed by atoms with E-state index in [1.165, 1.54) is 14.0 Å². The highest BCUT2D eigenvalue weighted by Gasteiger charge is 2.20. The Hall–Kier alpha value is -1.65. The van der Waals surface area contributed by atoms with E-state index in [0.29, 0.717) is 5.56 Å². The highest BCUT2D eigenvalue weighted by atomic mass is 17.2. The molecule has 4 nitrogen and oxygen atoms in total. The minimum atomic E-state index is -0.627. The minimum absolute atomic E-state index is 0.0809. The van der Waals surface area contributed by atoms with Crippen LogP contribution in [0.3, 0.4) is 0 Å². The lowest BCUT2D eigenvalue weighted by atomic mass is 10.0. The van der Waals surface area contributed by atoms with Crippen LogP contribution in [0.15, 0.2) is 35.9 Å². The molecule has 0 saturated heterocycles. The Balaban J connectivity index is 3.16. The standard InChI is InChI=1S/C13H16O4/c1-9(14)12(10(2)17-16-3)13(15)11-7-5-4-6-8-11/h4-8,10,15H,1-3H3/b13-12-. The summed E-state index contributed by atoms with van der Waals surface area (Å²) in [5, 5.41) is 10.1. The summed E-state index contributed by atoms with van der Waals surface area (Å²) in [7, 11) is 1.35. The molecule has 1 rings (SSSR count). The van der Waals surface area contributed by atoms with Gasteiger partial charge in [0.25, 0.3) is 0 Å². The summed E-state index contributed by atoms with van der Waals surface area (Å²) in [5.74, 6) is -0.335. The molecule has 1 N–H and O–H groups in total. The van der Waals surface area contributed by atoms with Crippen LogP contribution in [0.2, 0.25) is 0 Å². The van der Waals surface area contributed by atoms with Gasteiger partial charge in [0, 0.05) is 5.56 Å². The van der Waals surface area contributed by atoms with E-state index >= 15 is 0 Å². The smallest absolute Gasteiger partial charge is 0.162 e. The van der Waals surface area contributed by atoms with Gasteiger partial charge in [0.2, 0.25) is 0 Å². The molecule has 0 aliphatic heterocycles. The Morgan fingerprint density at radius 2 is 1.88 bits per heavy atom. The number of rotatable bonds is 5. The van der Waals surface area contributed by atoms with Gasteiger partial charge in [-0.25, -0.2) is 9.78 Å². The molecule has 0 aliphatic rings. The fraction of sp³-hybridized carbons (Fsp3) is 0.308. The van der Waals surface area contributed by atoms with Crippen LogP contribution in [-0.2, 0) is 14.6 Å². The van der Waals surface area contributed by atoms with Crippen molar-refractivity contribution in [3.8, 4) is 0 Å². The van der Waals surface area contributed by atoms with E-state index in [-0.39, 0.29) is 17.1 Å². The molecule has 1 aromatic carbocycles. The lowest BCUT2D eigenvalue weighted by Gasteiger charge is -2.14. The van der Waals surface area contributed by atoms with Crippen molar-refractivity contribution in [2.75, 3.05) is 7.11 Å². The second kappa shape index (κ2) is 6.18. The zero-order chi connectivity index (χ0) is 12.8. The Bertz CT molecular complexity index is 409. The predicted molar refractivity (Wildman–Crippen MR) is 64.2 cm³/mol. The Labute approximate surface area is 100 Å². The van der Waals surface area contributed by atoms with Gasteiger partial charge in [-0.15, -0.1) is 0 Å². The summed E-state index contributed by atoms with van der Waals surface area (Å²) in [6.07, 6.45) is -0.627. The monoisotopic (exact) mass is 236 g/mol. The first kappa shape index (κ1) is 13.4. The lowest BCUT2D eigenvalue weighted by Crippen LogP contribution is -2.18. The summed E-state index contributed by atoms with van der Waals surface area (Å²) in [6, 6.07) is 8.84. The first-order valence-electron chi connectivity index (χ1n) is 5.27. The molecule has 0 saturated carbocycles. The second-order valence-corrected chi connectivity index (χ2v) is 3.59. The van der Waals surface area contributed by atoms with Crippen molar-refractivity contribution in [1.82, 2.24) is 0 Å². The number of ketones is 1. The van der Waals surface area contributed by atoms with Gasteiger partial charge < -0.3 is 5.11 Å². The molecule has 1 unspecified atom stereocenters. The van der Waals surface area contributed by atoms with E-state index in [0.717, 1.165) is 0 Å². The molecule has 1 atom stereocenters. The summed E-state index contributed by atoms with van der Waals surface area (Å²) >= 11 is 0. The molecule has 0 aliphatic carbocycles. The minimum Gasteiger partial charge on any atom is -0.507 e. The number of hydrogen-bond acceptors (Lipinski definition) is 4. The fourth-order valence-electron chi connectivity index (χ4n) is 1.59. The van der Waals surface area contributed by atoms with Crippen molar-refractivity contribution >= 4 is 11.5 Å². The number of Topliss-reactive ketones (excluding diaryl/α,β-unsaturated/α-hetero) is 1. The fourth-order valence-corrected chi connectivity index (χ4v) is 1.59. The molecule has 4 heteroatoms. The van der Waals surface area contributed by atoms with Crippen molar-refractivity contribution in [3.05, 3.63) is 41.5 Å². The molecule has 0 spiro atoms. The number of hydrogen-bond donors (Lipinski definition) is 1. The molecule has 0 bridgehead atoms. The van der Waals surface area contributed by atoms with Crippen molar-refractivity contribution in [2.24, 2.45) is 0 Å². The van der Waals surface area contributed by atoms with E-state index in [1.807, 2.05) is 6.07 Å². The summed E-state index contributed by atoms with van der Waals surface area (Å²) < 4.78 is 0. The van der Waals surface area contributed by atoms with Crippen molar-refractivity contribution in [3.63, 3.8) is 0 Å². The quantitative estimate of drug-likeness (QED) is 0.369. The maximum Gasteiger partial charge on any atom is 0.162 e. The first-order valence-corrected chi connectivity index (χ1v) is 5.27. The number of aliphatic hydroxyl groups excluding tert-OH is 1. The van der Waals surface area contributed by atoms with Crippen LogP contribution in [0.4, 0.5) is 0 Å². The molecule has 0 fully saturated rings. The first-order chi connectivity index (χ1) is 8.07. The van der Waals surface area contributed by atoms with Gasteiger partial charge in [0.05, 0.1) is 12.7 Å². The van der Waals surface area contributed by atoms with Crippen LogP contribution >= 0.6 is 0 Å². The van der Waals surface area contributed by atoms with E-state index in [4.69, 9.17) is 4.89 Å². The highest BCUT2D eigenvalue weighted by Crippen LogP contribution is 2.20. The van der Waals surface area contributed by atoms with Gasteiger partial charge in [-0.3, -0.25) is 4.79 Å². The maximum absolute atomic E-state index is 11.5. The number of carbonyl (C=O) groups is 1. The Morgan fingerprint density at radius 3 is 2.35 bits per heavy atom.